The highest BCUT2D eigenvalue weighted by Gasteiger charge is 2.32. The molecule has 0 saturated carbocycles. The van der Waals surface area contributed by atoms with E-state index in [4.69, 9.17) is 9.47 Å². The van der Waals surface area contributed by atoms with Crippen LogP contribution in [0.1, 0.15) is 45.4 Å². The zero-order valence-corrected chi connectivity index (χ0v) is 25.3. The minimum Gasteiger partial charge on any atom is -0.496 e. The van der Waals surface area contributed by atoms with Gasteiger partial charge in [0.2, 0.25) is 0 Å². The van der Waals surface area contributed by atoms with Gasteiger partial charge >= 0.3 is 6.09 Å². The quantitative estimate of drug-likeness (QED) is 0.253. The van der Waals surface area contributed by atoms with Gasteiger partial charge in [-0.2, -0.15) is 0 Å². The van der Waals surface area contributed by atoms with E-state index in [1.54, 1.807) is 41.3 Å². The molecule has 5 rings (SSSR count). The fourth-order valence-corrected chi connectivity index (χ4v) is 6.66. The molecule has 1 atom stereocenters. The van der Waals surface area contributed by atoms with Crippen molar-refractivity contribution in [3.63, 3.8) is 0 Å². The number of carbonyl (C=O) groups excluding carboxylic acids is 1. The highest BCUT2D eigenvalue weighted by Crippen LogP contribution is 2.40. The molecule has 1 amide bonds. The lowest BCUT2D eigenvalue weighted by molar-refractivity contribution is 0.0198. The molecule has 42 heavy (non-hydrogen) atoms. The molecule has 8 nitrogen and oxygen atoms in total. The second kappa shape index (κ2) is 10.9. The van der Waals surface area contributed by atoms with Crippen LogP contribution in [0.15, 0.2) is 71.8 Å². The predicted molar refractivity (Wildman–Crippen MR) is 160 cm³/mol. The SMILES string of the molecule is COc1ccc(F)cc1-c1ccnc2c1cc(C1=CCN(C(=O)OC(C)(C)C)[C@H](C)C1)n2S(=O)(=O)c1ccc(C)cc1. The Morgan fingerprint density at radius 2 is 1.76 bits per heavy atom. The van der Waals surface area contributed by atoms with Gasteiger partial charge in [0.15, 0.2) is 5.65 Å². The molecule has 0 bridgehead atoms. The first-order valence-electron chi connectivity index (χ1n) is 13.7. The van der Waals surface area contributed by atoms with Crippen LogP contribution in [0, 0.1) is 12.7 Å². The topological polar surface area (TPSA) is 90.7 Å². The van der Waals surface area contributed by atoms with E-state index < -0.39 is 27.5 Å². The number of carbonyl (C=O) groups is 1. The second-order valence-corrected chi connectivity index (χ2v) is 13.3. The van der Waals surface area contributed by atoms with E-state index in [0.29, 0.717) is 34.4 Å². The van der Waals surface area contributed by atoms with E-state index in [1.165, 1.54) is 35.5 Å². The smallest absolute Gasteiger partial charge is 0.410 e. The summed E-state index contributed by atoms with van der Waals surface area (Å²) in [5.41, 5.74) is 2.72. The summed E-state index contributed by atoms with van der Waals surface area (Å²) >= 11 is 0. The molecule has 0 aliphatic carbocycles. The largest absolute Gasteiger partial charge is 0.496 e. The van der Waals surface area contributed by atoms with Crippen molar-refractivity contribution in [1.29, 1.82) is 0 Å². The molecule has 1 aliphatic heterocycles. The van der Waals surface area contributed by atoms with Gasteiger partial charge in [-0.1, -0.05) is 23.8 Å². The Hall–Kier alpha value is -4.18. The number of halogens is 1. The number of amides is 1. The molecular formula is C32H34FN3O5S. The Kier molecular flexibility index (Phi) is 7.61. The first-order chi connectivity index (χ1) is 19.8. The summed E-state index contributed by atoms with van der Waals surface area (Å²) in [4.78, 5) is 19.1. The molecule has 0 radical (unpaired) electrons. The van der Waals surface area contributed by atoms with Crippen LogP contribution in [-0.2, 0) is 14.8 Å². The highest BCUT2D eigenvalue weighted by molar-refractivity contribution is 7.90. The summed E-state index contributed by atoms with van der Waals surface area (Å²) in [7, 11) is -2.61. The number of fused-ring (bicyclic) bond motifs is 1. The van der Waals surface area contributed by atoms with Crippen molar-refractivity contribution in [2.75, 3.05) is 13.7 Å². The zero-order valence-electron chi connectivity index (χ0n) is 24.5. The van der Waals surface area contributed by atoms with E-state index in [1.807, 2.05) is 40.7 Å². The molecule has 4 aromatic rings. The molecule has 0 unspecified atom stereocenters. The van der Waals surface area contributed by atoms with Crippen LogP contribution in [0.4, 0.5) is 9.18 Å². The molecular weight excluding hydrogens is 557 g/mol. The molecule has 0 spiro atoms. The number of benzene rings is 2. The molecule has 0 N–H and O–H groups in total. The maximum Gasteiger partial charge on any atom is 0.410 e. The second-order valence-electron chi connectivity index (χ2n) is 11.5. The fourth-order valence-electron chi connectivity index (χ4n) is 5.17. The Bertz CT molecular complexity index is 1800. The number of hydrogen-bond donors (Lipinski definition) is 0. The van der Waals surface area contributed by atoms with Crippen molar-refractivity contribution in [2.45, 2.75) is 57.6 Å². The fraction of sp³-hybridized carbons (Fsp3) is 0.312. The monoisotopic (exact) mass is 591 g/mol. The summed E-state index contributed by atoms with van der Waals surface area (Å²) in [5, 5.41) is 0.523. The summed E-state index contributed by atoms with van der Waals surface area (Å²) in [6, 6.07) is 14.1. The molecule has 0 fully saturated rings. The third-order valence-corrected chi connectivity index (χ3v) is 8.93. The van der Waals surface area contributed by atoms with Gasteiger partial charge < -0.3 is 14.4 Å². The van der Waals surface area contributed by atoms with Gasteiger partial charge in [-0.25, -0.2) is 26.6 Å². The average molecular weight is 592 g/mol. The third-order valence-electron chi connectivity index (χ3n) is 7.21. The van der Waals surface area contributed by atoms with E-state index in [9.17, 15) is 17.6 Å². The van der Waals surface area contributed by atoms with Gasteiger partial charge in [-0.15, -0.1) is 0 Å². The highest BCUT2D eigenvalue weighted by atomic mass is 32.2. The third kappa shape index (κ3) is 5.51. The summed E-state index contributed by atoms with van der Waals surface area (Å²) < 4.78 is 55.3. The first kappa shape index (κ1) is 29.3. The van der Waals surface area contributed by atoms with Gasteiger partial charge in [0.1, 0.15) is 17.2 Å². The number of hydrogen-bond acceptors (Lipinski definition) is 6. The summed E-state index contributed by atoms with van der Waals surface area (Å²) in [5.74, 6) is -0.00755. The molecule has 2 aromatic carbocycles. The Morgan fingerprint density at radius 1 is 1.05 bits per heavy atom. The number of methoxy groups -OCH3 is 1. The predicted octanol–water partition coefficient (Wildman–Crippen LogP) is 6.81. The molecule has 3 heterocycles. The van der Waals surface area contributed by atoms with Crippen LogP contribution in [-0.4, -0.2) is 53.7 Å². The van der Waals surface area contributed by atoms with Gasteiger partial charge in [0.05, 0.1) is 17.7 Å². The van der Waals surface area contributed by atoms with Crippen molar-refractivity contribution in [3.8, 4) is 16.9 Å². The number of ether oxygens (including phenoxy) is 2. The van der Waals surface area contributed by atoms with Crippen molar-refractivity contribution < 1.29 is 27.1 Å². The molecule has 220 valence electrons. The average Bonchev–Trinajstić information content (AvgIpc) is 3.33. The van der Waals surface area contributed by atoms with Crippen LogP contribution in [0.2, 0.25) is 0 Å². The van der Waals surface area contributed by atoms with E-state index in [2.05, 4.69) is 4.98 Å². The number of aromatic nitrogens is 2. The molecule has 1 aliphatic rings. The normalized spacial score (nSPS) is 15.9. The van der Waals surface area contributed by atoms with E-state index >= 15 is 0 Å². The lowest BCUT2D eigenvalue weighted by Crippen LogP contribution is -2.44. The van der Waals surface area contributed by atoms with Crippen LogP contribution >= 0.6 is 0 Å². The number of rotatable bonds is 5. The number of pyridine rings is 1. The molecule has 2 aromatic heterocycles. The van der Waals surface area contributed by atoms with Gasteiger partial charge in [0.25, 0.3) is 10.0 Å². The first-order valence-corrected chi connectivity index (χ1v) is 15.1. The van der Waals surface area contributed by atoms with Crippen molar-refractivity contribution in [2.24, 2.45) is 0 Å². The van der Waals surface area contributed by atoms with Crippen LogP contribution < -0.4 is 4.74 Å². The van der Waals surface area contributed by atoms with Gasteiger partial charge in [-0.05, 0) is 94.6 Å². The lowest BCUT2D eigenvalue weighted by Gasteiger charge is -2.34. The minimum atomic E-state index is -4.11. The van der Waals surface area contributed by atoms with Crippen molar-refractivity contribution in [1.82, 2.24) is 13.9 Å². The molecule has 0 saturated heterocycles. The standard InChI is InChI=1S/C32H34FN3O5S/c1-20-7-10-24(11-8-20)42(38,39)36-28(22-14-16-35(21(2)17-22)31(37)41-32(3,4)5)19-27-25(13-15-34-30(27)36)26-18-23(33)9-12-29(26)40-6/h7-15,18-19,21H,16-17H2,1-6H3/t21-/m1/s1. The minimum absolute atomic E-state index is 0.113. The lowest BCUT2D eigenvalue weighted by atomic mass is 9.98. The Labute approximate surface area is 245 Å². The van der Waals surface area contributed by atoms with E-state index in [-0.39, 0.29) is 23.1 Å². The van der Waals surface area contributed by atoms with E-state index in [0.717, 1.165) is 11.1 Å². The Balaban J connectivity index is 1.72. The molecule has 10 heteroatoms. The number of nitrogens with zero attached hydrogens (tertiary/aromatic N) is 3. The van der Waals surface area contributed by atoms with Crippen molar-refractivity contribution in [3.05, 3.63) is 83.9 Å². The van der Waals surface area contributed by atoms with Crippen LogP contribution in [0.5, 0.6) is 5.75 Å². The summed E-state index contributed by atoms with van der Waals surface area (Å²) in [6.45, 7) is 9.47. The maximum absolute atomic E-state index is 14.4. The van der Waals surface area contributed by atoms with Crippen LogP contribution in [0.3, 0.4) is 0 Å². The van der Waals surface area contributed by atoms with Gasteiger partial charge in [-0.3, -0.25) is 0 Å². The van der Waals surface area contributed by atoms with Crippen LogP contribution in [0.25, 0.3) is 27.7 Å². The van der Waals surface area contributed by atoms with Crippen molar-refractivity contribution >= 4 is 32.7 Å². The zero-order chi connectivity index (χ0) is 30.4. The maximum atomic E-state index is 14.4. The summed E-state index contributed by atoms with van der Waals surface area (Å²) in [6.07, 6.45) is 3.31. The van der Waals surface area contributed by atoms with Gasteiger partial charge in [0, 0.05) is 29.7 Å². The number of aryl methyl sites for hydroxylation is 1. The Morgan fingerprint density at radius 3 is 2.40 bits per heavy atom.